The van der Waals surface area contributed by atoms with E-state index in [0.717, 1.165) is 22.3 Å². The van der Waals surface area contributed by atoms with Gasteiger partial charge in [-0.25, -0.2) is 19.2 Å². The molecule has 1 atom stereocenters. The summed E-state index contributed by atoms with van der Waals surface area (Å²) < 4.78 is 15.1. The van der Waals surface area contributed by atoms with Gasteiger partial charge in [-0.1, -0.05) is 73.8 Å². The van der Waals surface area contributed by atoms with Crippen molar-refractivity contribution in [2.45, 2.75) is 24.8 Å². The number of rotatable bonds is 12. The lowest BCUT2D eigenvalue weighted by Crippen LogP contribution is -2.44. The van der Waals surface area contributed by atoms with Crippen LogP contribution in [0, 0.1) is 0 Å². The van der Waals surface area contributed by atoms with Crippen LogP contribution >= 0.6 is 0 Å². The third-order valence-electron chi connectivity index (χ3n) is 5.96. The highest BCUT2D eigenvalue weighted by atomic mass is 16.6. The molecule has 2 aromatic rings. The number of fused-ring (bicyclic) bond motifs is 3. The van der Waals surface area contributed by atoms with Crippen LogP contribution < -0.4 is 16.0 Å². The molecule has 0 aliphatic heterocycles. The molecule has 1 aliphatic carbocycles. The van der Waals surface area contributed by atoms with Crippen LogP contribution in [0.3, 0.4) is 0 Å². The number of alkyl carbamates (subject to hydrolysis) is 3. The van der Waals surface area contributed by atoms with Crippen LogP contribution in [-0.4, -0.2) is 67.7 Å². The molecule has 0 bridgehead atoms. The highest BCUT2D eigenvalue weighted by Gasteiger charge is 2.29. The molecule has 12 heteroatoms. The molecule has 4 N–H and O–H groups in total. The molecule has 0 heterocycles. The van der Waals surface area contributed by atoms with Crippen molar-refractivity contribution in [2.24, 2.45) is 4.99 Å². The van der Waals surface area contributed by atoms with E-state index < -0.39 is 30.3 Å². The quantitative estimate of drug-likeness (QED) is 0.0990. The number of benzene rings is 2. The number of nitrogens with one attached hydrogen (secondary N) is 3. The van der Waals surface area contributed by atoms with E-state index in [4.69, 9.17) is 14.2 Å². The molecule has 2 aromatic carbocycles. The second kappa shape index (κ2) is 15.5. The molecular weight excluding hydrogens is 532 g/mol. The monoisotopic (exact) mass is 564 g/mol. The number of carboxylic acid groups (broad SMARTS) is 1. The third-order valence-corrected chi connectivity index (χ3v) is 5.96. The zero-order valence-corrected chi connectivity index (χ0v) is 22.3. The second-order valence-electron chi connectivity index (χ2n) is 8.76. The number of aliphatic imine (C=N–C) groups is 1. The van der Waals surface area contributed by atoms with Crippen molar-refractivity contribution in [3.05, 3.63) is 85.0 Å². The van der Waals surface area contributed by atoms with Crippen LogP contribution in [0.2, 0.25) is 0 Å². The van der Waals surface area contributed by atoms with E-state index in [9.17, 15) is 24.3 Å². The summed E-state index contributed by atoms with van der Waals surface area (Å²) in [4.78, 5) is 52.1. The first-order valence-corrected chi connectivity index (χ1v) is 12.8. The predicted octanol–water partition coefficient (Wildman–Crippen LogP) is 3.94. The van der Waals surface area contributed by atoms with Gasteiger partial charge < -0.3 is 24.6 Å². The number of carbonyl (C=O) groups is 4. The lowest BCUT2D eigenvalue weighted by molar-refractivity contribution is -0.139. The summed E-state index contributed by atoms with van der Waals surface area (Å²) in [6.45, 7) is 6.77. The predicted molar refractivity (Wildman–Crippen MR) is 151 cm³/mol. The minimum atomic E-state index is -1.25. The van der Waals surface area contributed by atoms with Gasteiger partial charge in [0.2, 0.25) is 5.96 Å². The molecule has 1 unspecified atom stereocenters. The average molecular weight is 565 g/mol. The number of hydrogen-bond donors (Lipinski definition) is 4. The fourth-order valence-corrected chi connectivity index (χ4v) is 4.17. The Morgan fingerprint density at radius 3 is 1.90 bits per heavy atom. The molecule has 1 aliphatic rings. The van der Waals surface area contributed by atoms with Gasteiger partial charge in [-0.2, -0.15) is 0 Å². The first-order valence-electron chi connectivity index (χ1n) is 12.8. The molecular formula is C29H32N4O8. The first-order chi connectivity index (χ1) is 19.8. The summed E-state index contributed by atoms with van der Waals surface area (Å²) in [7, 11) is 0. The standard InChI is InChI=1S/C29H32N4O8/c1-3-16-39-28(37)32-26(33-29(38)40-17-4-2)30-15-9-14-24(25(34)35)31-27(36)41-18-23-21-12-7-5-10-19(21)20-11-6-8-13-22(20)23/h3-8,10-13,23-24H,1-2,9,14-18H2,(H,31,36)(H,34,35)(H2,30,32,33,37,38). The van der Waals surface area contributed by atoms with Crippen LogP contribution in [0.15, 0.2) is 78.8 Å². The largest absolute Gasteiger partial charge is 0.480 e. The zero-order chi connectivity index (χ0) is 29.6. The molecule has 0 saturated carbocycles. The Morgan fingerprint density at radius 2 is 1.39 bits per heavy atom. The fraction of sp³-hybridized carbons (Fsp3) is 0.276. The smallest absolute Gasteiger partial charge is 0.414 e. The van der Waals surface area contributed by atoms with Crippen LogP contribution in [-0.2, 0) is 19.0 Å². The van der Waals surface area contributed by atoms with Crippen molar-refractivity contribution in [2.75, 3.05) is 26.4 Å². The van der Waals surface area contributed by atoms with E-state index >= 15 is 0 Å². The number of nitrogens with zero attached hydrogens (tertiary/aromatic N) is 1. The SMILES string of the molecule is C=CCOC(=O)NC(=NCCCC(NC(=O)OCC1c2ccccc2-c2ccccc21)C(=O)O)NC(=O)OCC=C. The van der Waals surface area contributed by atoms with Crippen LogP contribution in [0.5, 0.6) is 0 Å². The van der Waals surface area contributed by atoms with Gasteiger partial charge in [0.15, 0.2) is 0 Å². The van der Waals surface area contributed by atoms with Gasteiger partial charge in [0, 0.05) is 12.5 Å². The summed E-state index contributed by atoms with van der Waals surface area (Å²) in [5.74, 6) is -1.68. The maximum absolute atomic E-state index is 12.5. The van der Waals surface area contributed by atoms with E-state index in [1.165, 1.54) is 12.2 Å². The number of carbonyl (C=O) groups excluding carboxylic acids is 3. The Kier molecular flexibility index (Phi) is 11.5. The normalized spacial score (nSPS) is 12.0. The van der Waals surface area contributed by atoms with Gasteiger partial charge in [-0.15, -0.1) is 0 Å². The van der Waals surface area contributed by atoms with Crippen LogP contribution in [0.25, 0.3) is 11.1 Å². The summed E-state index contributed by atoms with van der Waals surface area (Å²) >= 11 is 0. The second-order valence-corrected chi connectivity index (χ2v) is 8.76. The minimum Gasteiger partial charge on any atom is -0.480 e. The van der Waals surface area contributed by atoms with Gasteiger partial charge in [0.05, 0.1) is 0 Å². The number of ether oxygens (including phenoxy) is 3. The van der Waals surface area contributed by atoms with E-state index in [1.54, 1.807) is 0 Å². The Morgan fingerprint density at radius 1 is 0.854 bits per heavy atom. The average Bonchev–Trinajstić information content (AvgIpc) is 3.28. The van der Waals surface area contributed by atoms with Crippen molar-refractivity contribution in [1.82, 2.24) is 16.0 Å². The Bertz CT molecular complexity index is 1240. The third kappa shape index (κ3) is 8.95. The molecule has 0 fully saturated rings. The summed E-state index contributed by atoms with van der Waals surface area (Å²) in [5.41, 5.74) is 4.22. The molecule has 3 rings (SSSR count). The molecule has 0 radical (unpaired) electrons. The van der Waals surface area contributed by atoms with E-state index in [2.05, 4.69) is 34.1 Å². The fourth-order valence-electron chi connectivity index (χ4n) is 4.17. The summed E-state index contributed by atoms with van der Waals surface area (Å²) in [6, 6.07) is 14.5. The molecule has 0 spiro atoms. The number of carboxylic acids is 1. The van der Waals surface area contributed by atoms with Crippen molar-refractivity contribution < 1.29 is 38.5 Å². The number of guanidine groups is 1. The van der Waals surface area contributed by atoms with Gasteiger partial charge >= 0.3 is 24.2 Å². The Labute approximate surface area is 237 Å². The maximum Gasteiger partial charge on any atom is 0.414 e. The molecule has 216 valence electrons. The molecule has 0 saturated heterocycles. The zero-order valence-electron chi connectivity index (χ0n) is 22.3. The van der Waals surface area contributed by atoms with Crippen molar-refractivity contribution in [3.63, 3.8) is 0 Å². The summed E-state index contributed by atoms with van der Waals surface area (Å²) in [6.07, 6.45) is 0.243. The van der Waals surface area contributed by atoms with E-state index in [1.807, 2.05) is 48.5 Å². The van der Waals surface area contributed by atoms with Crippen LogP contribution in [0.1, 0.15) is 29.9 Å². The molecule has 3 amide bonds. The van der Waals surface area contributed by atoms with Gasteiger partial charge in [0.25, 0.3) is 0 Å². The number of amides is 3. The minimum absolute atomic E-state index is 0.00186. The first kappa shape index (κ1) is 30.4. The lowest BCUT2D eigenvalue weighted by atomic mass is 9.98. The topological polar surface area (TPSA) is 165 Å². The molecule has 12 nitrogen and oxygen atoms in total. The number of hydrogen-bond acceptors (Lipinski definition) is 8. The maximum atomic E-state index is 12.5. The van der Waals surface area contributed by atoms with Gasteiger partial charge in [-0.05, 0) is 35.1 Å². The van der Waals surface area contributed by atoms with Crippen molar-refractivity contribution in [3.8, 4) is 11.1 Å². The van der Waals surface area contributed by atoms with Gasteiger partial charge in [-0.3, -0.25) is 15.6 Å². The van der Waals surface area contributed by atoms with E-state index in [-0.39, 0.29) is 51.1 Å². The summed E-state index contributed by atoms with van der Waals surface area (Å²) in [5, 5.41) is 16.5. The lowest BCUT2D eigenvalue weighted by Gasteiger charge is -2.17. The van der Waals surface area contributed by atoms with Crippen molar-refractivity contribution >= 4 is 30.2 Å². The van der Waals surface area contributed by atoms with Crippen molar-refractivity contribution in [1.29, 1.82) is 0 Å². The van der Waals surface area contributed by atoms with Gasteiger partial charge in [0.1, 0.15) is 25.9 Å². The molecule has 0 aromatic heterocycles. The van der Waals surface area contributed by atoms with E-state index in [0.29, 0.717) is 0 Å². The number of aliphatic carboxylic acids is 1. The van der Waals surface area contributed by atoms with Crippen LogP contribution in [0.4, 0.5) is 14.4 Å². The Hall–Kier alpha value is -5.13. The highest BCUT2D eigenvalue weighted by molar-refractivity contribution is 6.01. The highest BCUT2D eigenvalue weighted by Crippen LogP contribution is 2.44. The molecule has 41 heavy (non-hydrogen) atoms. The Balaban J connectivity index is 1.54.